The van der Waals surface area contributed by atoms with E-state index in [4.69, 9.17) is 0 Å². The molecule has 0 amide bonds. The summed E-state index contributed by atoms with van der Waals surface area (Å²) in [5, 5.41) is 0. The van der Waals surface area contributed by atoms with E-state index in [-0.39, 0.29) is 0 Å². The molecule has 4 aromatic rings. The van der Waals surface area contributed by atoms with Gasteiger partial charge in [0.15, 0.2) is 0 Å². The standard InChI is InChI=1S/C14H14.C10H14.C8H10/c1-12(13-8-4-2-5-9-13)14-10-6-3-7-11-14;1-2-3-7-10-8-5-4-6-9-10;1-2-8-6-4-3-5-7-8/h2-12H,1H3;4-6,8-9H,2-3,7H2,1H3;3-7H,2H2,1H3. The smallest absolute Gasteiger partial charge is 0.00610 e. The predicted molar refractivity (Wildman–Crippen MR) is 141 cm³/mol. The molecule has 4 rings (SSSR count). The van der Waals surface area contributed by atoms with Crippen molar-refractivity contribution >= 4 is 0 Å². The molecule has 0 aliphatic carbocycles. The fraction of sp³-hybridized carbons (Fsp3) is 0.250. The number of hydrogen-bond acceptors (Lipinski definition) is 0. The van der Waals surface area contributed by atoms with Gasteiger partial charge in [-0.05, 0) is 41.5 Å². The maximum atomic E-state index is 2.24. The Morgan fingerprint density at radius 1 is 0.500 bits per heavy atom. The van der Waals surface area contributed by atoms with E-state index in [1.54, 1.807) is 0 Å². The molecule has 0 aromatic heterocycles. The molecule has 0 saturated heterocycles. The van der Waals surface area contributed by atoms with Crippen LogP contribution >= 0.6 is 0 Å². The van der Waals surface area contributed by atoms with Gasteiger partial charge < -0.3 is 0 Å². The summed E-state index contributed by atoms with van der Waals surface area (Å²) in [5.41, 5.74) is 5.62. The summed E-state index contributed by atoms with van der Waals surface area (Å²) in [6.45, 7) is 6.63. The summed E-state index contributed by atoms with van der Waals surface area (Å²) in [4.78, 5) is 0. The van der Waals surface area contributed by atoms with E-state index in [0.29, 0.717) is 5.92 Å². The summed E-state index contributed by atoms with van der Waals surface area (Å²) in [6, 6.07) is 42.3. The topological polar surface area (TPSA) is 0 Å². The number of aryl methyl sites for hydroxylation is 2. The number of hydrogen-bond donors (Lipinski definition) is 0. The Morgan fingerprint density at radius 2 is 0.875 bits per heavy atom. The molecule has 0 fully saturated rings. The molecule has 0 radical (unpaired) electrons. The van der Waals surface area contributed by atoms with Crippen molar-refractivity contribution in [3.63, 3.8) is 0 Å². The van der Waals surface area contributed by atoms with Crippen molar-refractivity contribution < 1.29 is 0 Å². The maximum absolute atomic E-state index is 2.24. The van der Waals surface area contributed by atoms with Gasteiger partial charge in [0, 0.05) is 5.92 Å². The second-order valence-corrected chi connectivity index (χ2v) is 7.97. The van der Waals surface area contributed by atoms with Crippen LogP contribution in [0, 0.1) is 0 Å². The third-order valence-corrected chi connectivity index (χ3v) is 5.51. The minimum atomic E-state index is 0.484. The zero-order chi connectivity index (χ0) is 22.9. The summed E-state index contributed by atoms with van der Waals surface area (Å²) >= 11 is 0. The molecule has 166 valence electrons. The van der Waals surface area contributed by atoms with Crippen molar-refractivity contribution in [2.45, 2.75) is 52.4 Å². The summed E-state index contributed by atoms with van der Waals surface area (Å²) in [5.74, 6) is 0.484. The Balaban J connectivity index is 0.000000178. The van der Waals surface area contributed by atoms with Gasteiger partial charge in [0.2, 0.25) is 0 Å². The van der Waals surface area contributed by atoms with Crippen LogP contribution in [0.4, 0.5) is 0 Å². The molecule has 0 aliphatic heterocycles. The lowest BCUT2D eigenvalue weighted by Crippen LogP contribution is -1.94. The lowest BCUT2D eigenvalue weighted by atomic mass is 9.93. The first-order valence-electron chi connectivity index (χ1n) is 11.9. The summed E-state index contributed by atoms with van der Waals surface area (Å²) in [7, 11) is 0. The molecule has 0 unspecified atom stereocenters. The fourth-order valence-corrected chi connectivity index (χ4v) is 3.42. The van der Waals surface area contributed by atoms with Crippen molar-refractivity contribution in [3.05, 3.63) is 144 Å². The Bertz CT molecular complexity index is 889. The minimum absolute atomic E-state index is 0.484. The van der Waals surface area contributed by atoms with Gasteiger partial charge >= 0.3 is 0 Å². The van der Waals surface area contributed by atoms with Crippen molar-refractivity contribution in [2.24, 2.45) is 0 Å². The quantitative estimate of drug-likeness (QED) is 0.290. The van der Waals surface area contributed by atoms with E-state index in [9.17, 15) is 0 Å². The van der Waals surface area contributed by atoms with Gasteiger partial charge in [0.1, 0.15) is 0 Å². The highest BCUT2D eigenvalue weighted by molar-refractivity contribution is 5.31. The fourth-order valence-electron chi connectivity index (χ4n) is 3.42. The highest BCUT2D eigenvalue weighted by Gasteiger charge is 2.05. The zero-order valence-corrected chi connectivity index (χ0v) is 20.0. The SMILES string of the molecule is CC(c1ccccc1)c1ccccc1.CCCCc1ccccc1.CCc1ccccc1. The minimum Gasteiger partial charge on any atom is -0.0654 e. The number of rotatable bonds is 6. The second-order valence-electron chi connectivity index (χ2n) is 7.97. The molecule has 0 heterocycles. The van der Waals surface area contributed by atoms with Gasteiger partial charge in [-0.15, -0.1) is 0 Å². The molecule has 0 aliphatic rings. The van der Waals surface area contributed by atoms with Crippen LogP contribution in [0.5, 0.6) is 0 Å². The first-order valence-corrected chi connectivity index (χ1v) is 11.9. The van der Waals surface area contributed by atoms with Crippen LogP contribution in [-0.4, -0.2) is 0 Å². The normalized spacial score (nSPS) is 9.88. The van der Waals surface area contributed by atoms with E-state index in [1.807, 2.05) is 6.07 Å². The van der Waals surface area contributed by atoms with Crippen LogP contribution in [0.25, 0.3) is 0 Å². The van der Waals surface area contributed by atoms with Crippen molar-refractivity contribution in [1.82, 2.24) is 0 Å². The Morgan fingerprint density at radius 3 is 1.22 bits per heavy atom. The summed E-state index contributed by atoms with van der Waals surface area (Å²) < 4.78 is 0. The molecule has 0 spiro atoms. The van der Waals surface area contributed by atoms with Crippen LogP contribution in [0.15, 0.2) is 121 Å². The predicted octanol–water partition coefficient (Wildman–Crippen LogP) is 9.12. The van der Waals surface area contributed by atoms with Gasteiger partial charge in [0.25, 0.3) is 0 Å². The van der Waals surface area contributed by atoms with Gasteiger partial charge in [-0.1, -0.05) is 149 Å². The van der Waals surface area contributed by atoms with E-state index >= 15 is 0 Å². The summed E-state index contributed by atoms with van der Waals surface area (Å²) in [6.07, 6.45) is 4.97. The molecular formula is C32H38. The largest absolute Gasteiger partial charge is 0.0654 e. The molecule has 0 nitrogen and oxygen atoms in total. The Labute approximate surface area is 196 Å². The first-order chi connectivity index (χ1) is 15.7. The molecule has 0 bridgehead atoms. The lowest BCUT2D eigenvalue weighted by Gasteiger charge is -2.11. The van der Waals surface area contributed by atoms with Gasteiger partial charge in [-0.3, -0.25) is 0 Å². The monoisotopic (exact) mass is 422 g/mol. The molecule has 0 saturated carbocycles. The molecular weight excluding hydrogens is 384 g/mol. The van der Waals surface area contributed by atoms with E-state index < -0.39 is 0 Å². The van der Waals surface area contributed by atoms with Crippen molar-refractivity contribution in [2.75, 3.05) is 0 Å². The first kappa shape index (κ1) is 25.1. The zero-order valence-electron chi connectivity index (χ0n) is 20.0. The molecule has 0 heteroatoms. The van der Waals surface area contributed by atoms with Gasteiger partial charge in [-0.25, -0.2) is 0 Å². The number of benzene rings is 4. The Hall–Kier alpha value is -3.12. The van der Waals surface area contributed by atoms with Crippen LogP contribution in [0.1, 0.15) is 61.8 Å². The molecule has 0 N–H and O–H groups in total. The molecule has 32 heavy (non-hydrogen) atoms. The molecule has 4 aromatic carbocycles. The van der Waals surface area contributed by atoms with Crippen LogP contribution in [0.2, 0.25) is 0 Å². The lowest BCUT2D eigenvalue weighted by molar-refractivity contribution is 0.795. The van der Waals surface area contributed by atoms with E-state index in [1.165, 1.54) is 41.5 Å². The average molecular weight is 423 g/mol. The highest BCUT2D eigenvalue weighted by Crippen LogP contribution is 2.22. The van der Waals surface area contributed by atoms with E-state index in [0.717, 1.165) is 6.42 Å². The van der Waals surface area contributed by atoms with Crippen LogP contribution < -0.4 is 0 Å². The molecule has 0 atom stereocenters. The van der Waals surface area contributed by atoms with E-state index in [2.05, 4.69) is 136 Å². The third kappa shape index (κ3) is 9.79. The van der Waals surface area contributed by atoms with Crippen LogP contribution in [-0.2, 0) is 12.8 Å². The average Bonchev–Trinajstić information content (AvgIpc) is 2.90. The van der Waals surface area contributed by atoms with Crippen LogP contribution in [0.3, 0.4) is 0 Å². The van der Waals surface area contributed by atoms with Gasteiger partial charge in [-0.2, -0.15) is 0 Å². The number of unbranched alkanes of at least 4 members (excludes halogenated alkanes) is 1. The second kappa shape index (κ2) is 15.6. The highest BCUT2D eigenvalue weighted by atomic mass is 14.1. The van der Waals surface area contributed by atoms with Gasteiger partial charge in [0.05, 0.1) is 0 Å². The third-order valence-electron chi connectivity index (χ3n) is 5.51. The maximum Gasteiger partial charge on any atom is 0.00610 e. The van der Waals surface area contributed by atoms with Crippen molar-refractivity contribution in [1.29, 1.82) is 0 Å². The van der Waals surface area contributed by atoms with Crippen molar-refractivity contribution in [3.8, 4) is 0 Å². The Kier molecular flexibility index (Phi) is 12.3.